The number of para-hydroxylation sites is 3. The first-order valence-electron chi connectivity index (χ1n) is 8.32. The molecule has 0 N–H and O–H groups in total. The molecule has 3 heteroatoms. The van der Waals surface area contributed by atoms with Gasteiger partial charge in [-0.1, -0.05) is 48.0 Å². The van der Waals surface area contributed by atoms with Gasteiger partial charge in [0.15, 0.2) is 0 Å². The zero-order valence-corrected chi connectivity index (χ0v) is 13.8. The summed E-state index contributed by atoms with van der Waals surface area (Å²) < 4.78 is 0. The van der Waals surface area contributed by atoms with Crippen LogP contribution in [0.15, 0.2) is 77.8 Å². The van der Waals surface area contributed by atoms with Crippen LogP contribution in [0.1, 0.15) is 16.8 Å². The molecule has 5 rings (SSSR count). The first-order chi connectivity index (χ1) is 12.3. The van der Waals surface area contributed by atoms with Crippen molar-refractivity contribution in [1.82, 2.24) is 9.97 Å². The van der Waals surface area contributed by atoms with Crippen LogP contribution in [0.4, 0.5) is 5.69 Å². The fourth-order valence-corrected chi connectivity index (χ4v) is 3.29. The Balaban J connectivity index is 1.84. The highest BCUT2D eigenvalue weighted by atomic mass is 14.9. The van der Waals surface area contributed by atoms with Crippen molar-refractivity contribution in [3.63, 3.8) is 0 Å². The number of aliphatic imine (C=N–C) groups is 1. The Bertz CT molecular complexity index is 1140. The molecule has 0 unspecified atom stereocenters. The summed E-state index contributed by atoms with van der Waals surface area (Å²) in [6.07, 6.45) is 0. The van der Waals surface area contributed by atoms with E-state index in [9.17, 15) is 0 Å². The lowest BCUT2D eigenvalue weighted by Gasteiger charge is -2.03. The Morgan fingerprint density at radius 1 is 0.680 bits per heavy atom. The Morgan fingerprint density at radius 3 is 2.12 bits per heavy atom. The minimum Gasteiger partial charge on any atom is -0.246 e. The first kappa shape index (κ1) is 14.1. The van der Waals surface area contributed by atoms with Gasteiger partial charge in [-0.15, -0.1) is 0 Å². The number of benzene rings is 3. The fraction of sp³-hybridized carbons (Fsp3) is 0.0455. The van der Waals surface area contributed by atoms with E-state index in [-0.39, 0.29) is 0 Å². The molecule has 1 aliphatic rings. The lowest BCUT2D eigenvalue weighted by atomic mass is 10.1. The van der Waals surface area contributed by atoms with Crippen LogP contribution in [0.25, 0.3) is 22.3 Å². The molecule has 3 aromatic carbocycles. The molecule has 3 nitrogen and oxygen atoms in total. The van der Waals surface area contributed by atoms with Gasteiger partial charge in [-0.2, -0.15) is 0 Å². The summed E-state index contributed by atoms with van der Waals surface area (Å²) in [7, 11) is 0. The smallest absolute Gasteiger partial charge is 0.116 e. The van der Waals surface area contributed by atoms with Crippen LogP contribution >= 0.6 is 0 Å². The van der Waals surface area contributed by atoms with E-state index in [0.29, 0.717) is 0 Å². The van der Waals surface area contributed by atoms with Crippen molar-refractivity contribution >= 4 is 22.4 Å². The van der Waals surface area contributed by atoms with E-state index < -0.39 is 0 Å². The molecule has 0 fully saturated rings. The number of aromatic nitrogens is 2. The number of fused-ring (bicyclic) bond motifs is 4. The molecule has 1 heterocycles. The third-order valence-corrected chi connectivity index (χ3v) is 4.48. The second-order valence-electron chi connectivity index (χ2n) is 6.25. The Hall–Kier alpha value is -3.33. The van der Waals surface area contributed by atoms with Crippen LogP contribution in [0, 0.1) is 6.92 Å². The van der Waals surface area contributed by atoms with E-state index in [2.05, 4.69) is 25.1 Å². The van der Waals surface area contributed by atoms with E-state index in [1.807, 2.05) is 54.6 Å². The molecule has 25 heavy (non-hydrogen) atoms. The Kier molecular flexibility index (Phi) is 3.01. The van der Waals surface area contributed by atoms with Gasteiger partial charge in [0.1, 0.15) is 5.69 Å². The second-order valence-corrected chi connectivity index (χ2v) is 6.25. The van der Waals surface area contributed by atoms with Gasteiger partial charge < -0.3 is 0 Å². The lowest BCUT2D eigenvalue weighted by molar-refractivity contribution is 1.28. The van der Waals surface area contributed by atoms with Gasteiger partial charge in [0.2, 0.25) is 0 Å². The average Bonchev–Trinajstić information content (AvgIpc) is 2.93. The molecule has 0 bridgehead atoms. The number of aryl methyl sites for hydroxylation is 1. The number of rotatable bonds is 1. The van der Waals surface area contributed by atoms with Crippen LogP contribution in [-0.4, -0.2) is 15.7 Å². The summed E-state index contributed by atoms with van der Waals surface area (Å²) in [6, 6.07) is 24.4. The standard InChI is InChI=1S/C22H15N3/c1-14-11-12-16-17(13-14)21(23-15-7-3-2-4-8-15)22-20(16)24-18-9-5-6-10-19(18)25-22/h2-13H,1H3. The maximum atomic E-state index is 4.90. The largest absolute Gasteiger partial charge is 0.246 e. The van der Waals surface area contributed by atoms with E-state index in [1.165, 1.54) is 5.56 Å². The van der Waals surface area contributed by atoms with Gasteiger partial charge in [-0.3, -0.25) is 0 Å². The van der Waals surface area contributed by atoms with Crippen LogP contribution < -0.4 is 0 Å². The van der Waals surface area contributed by atoms with Gasteiger partial charge in [0, 0.05) is 11.1 Å². The van der Waals surface area contributed by atoms with Crippen molar-refractivity contribution in [3.8, 4) is 11.3 Å². The summed E-state index contributed by atoms with van der Waals surface area (Å²) >= 11 is 0. The summed E-state index contributed by atoms with van der Waals surface area (Å²) in [6.45, 7) is 2.10. The molecule has 0 amide bonds. The molecule has 0 radical (unpaired) electrons. The Morgan fingerprint density at radius 2 is 1.36 bits per heavy atom. The molecule has 1 aliphatic carbocycles. The lowest BCUT2D eigenvalue weighted by Crippen LogP contribution is -2.02. The maximum absolute atomic E-state index is 4.90. The highest BCUT2D eigenvalue weighted by Crippen LogP contribution is 2.37. The summed E-state index contributed by atoms with van der Waals surface area (Å²) in [5.41, 5.74) is 8.83. The normalized spacial score (nSPS) is 13.9. The molecule has 0 saturated carbocycles. The van der Waals surface area contributed by atoms with Gasteiger partial charge in [0.25, 0.3) is 0 Å². The number of nitrogens with zero attached hydrogens (tertiary/aromatic N) is 3. The molecule has 4 aromatic rings. The first-order valence-corrected chi connectivity index (χ1v) is 8.32. The summed E-state index contributed by atoms with van der Waals surface area (Å²) in [4.78, 5) is 14.7. The third-order valence-electron chi connectivity index (χ3n) is 4.48. The van der Waals surface area contributed by atoms with E-state index in [4.69, 9.17) is 15.0 Å². The predicted octanol–water partition coefficient (Wildman–Crippen LogP) is 5.09. The number of hydrogen-bond acceptors (Lipinski definition) is 3. The van der Waals surface area contributed by atoms with E-state index in [0.717, 1.165) is 44.9 Å². The van der Waals surface area contributed by atoms with Gasteiger partial charge in [-0.25, -0.2) is 15.0 Å². The topological polar surface area (TPSA) is 38.1 Å². The van der Waals surface area contributed by atoms with E-state index in [1.54, 1.807) is 0 Å². The Labute approximate surface area is 145 Å². The molecule has 0 saturated heterocycles. The highest BCUT2D eigenvalue weighted by molar-refractivity contribution is 6.24. The van der Waals surface area contributed by atoms with Crippen LogP contribution in [0.5, 0.6) is 0 Å². The fourth-order valence-electron chi connectivity index (χ4n) is 3.29. The van der Waals surface area contributed by atoms with Crippen molar-refractivity contribution in [2.24, 2.45) is 4.99 Å². The maximum Gasteiger partial charge on any atom is 0.116 e. The van der Waals surface area contributed by atoms with Crippen molar-refractivity contribution in [3.05, 3.63) is 89.6 Å². The highest BCUT2D eigenvalue weighted by Gasteiger charge is 2.28. The van der Waals surface area contributed by atoms with Gasteiger partial charge in [-0.05, 0) is 37.3 Å². The molecule has 118 valence electrons. The molecular weight excluding hydrogens is 306 g/mol. The zero-order valence-electron chi connectivity index (χ0n) is 13.8. The van der Waals surface area contributed by atoms with Crippen LogP contribution in [0.3, 0.4) is 0 Å². The summed E-state index contributed by atoms with van der Waals surface area (Å²) in [5, 5.41) is 0. The zero-order chi connectivity index (χ0) is 16.8. The predicted molar refractivity (Wildman–Crippen MR) is 101 cm³/mol. The van der Waals surface area contributed by atoms with Crippen LogP contribution in [-0.2, 0) is 0 Å². The number of hydrogen-bond donors (Lipinski definition) is 0. The van der Waals surface area contributed by atoms with Gasteiger partial charge in [0.05, 0.1) is 28.1 Å². The van der Waals surface area contributed by atoms with Gasteiger partial charge >= 0.3 is 0 Å². The molecule has 0 aliphatic heterocycles. The quantitative estimate of drug-likeness (QED) is 0.431. The minimum absolute atomic E-state index is 0.864. The van der Waals surface area contributed by atoms with E-state index >= 15 is 0 Å². The monoisotopic (exact) mass is 321 g/mol. The minimum atomic E-state index is 0.864. The van der Waals surface area contributed by atoms with Crippen LogP contribution in [0.2, 0.25) is 0 Å². The molecule has 0 atom stereocenters. The molecular formula is C22H15N3. The molecule has 1 aromatic heterocycles. The van der Waals surface area contributed by atoms with Crippen molar-refractivity contribution < 1.29 is 0 Å². The SMILES string of the molecule is Cc1ccc2c(c1)C(=Nc1ccccc1)c1nc3ccccc3nc1-2. The van der Waals surface area contributed by atoms with Crippen molar-refractivity contribution in [2.75, 3.05) is 0 Å². The third kappa shape index (κ3) is 2.24. The molecule has 0 spiro atoms. The van der Waals surface area contributed by atoms with Crippen molar-refractivity contribution in [1.29, 1.82) is 0 Å². The van der Waals surface area contributed by atoms with Crippen molar-refractivity contribution in [2.45, 2.75) is 6.92 Å². The average molecular weight is 321 g/mol. The second kappa shape index (κ2) is 5.35. The summed E-state index contributed by atoms with van der Waals surface area (Å²) in [5.74, 6) is 0.